The molecule has 0 fully saturated rings. The minimum atomic E-state index is 0.211. The first-order valence-electron chi connectivity index (χ1n) is 7.94. The third kappa shape index (κ3) is 3.76. The van der Waals surface area contributed by atoms with Gasteiger partial charge in [-0.15, -0.1) is 0 Å². The number of rotatable bonds is 7. The van der Waals surface area contributed by atoms with E-state index in [0.29, 0.717) is 0 Å². The van der Waals surface area contributed by atoms with Crippen LogP contribution in [0.2, 0.25) is 0 Å². The van der Waals surface area contributed by atoms with Crippen LogP contribution in [-0.2, 0) is 5.41 Å². The Morgan fingerprint density at radius 1 is 1.05 bits per heavy atom. The predicted octanol–water partition coefficient (Wildman–Crippen LogP) is 5.06. The lowest BCUT2D eigenvalue weighted by molar-refractivity contribution is 0.505. The second-order valence-electron chi connectivity index (χ2n) is 6.30. The fraction of sp³-hybridized carbons (Fsp3) is 0.474. The molecule has 2 aromatic rings. The molecule has 1 unspecified atom stereocenters. The molecule has 0 amide bonds. The minimum Gasteiger partial charge on any atom is -0.472 e. The number of hydrogen-bond donors (Lipinski definition) is 1. The summed E-state index contributed by atoms with van der Waals surface area (Å²) in [5.41, 5.74) is 4.11. The van der Waals surface area contributed by atoms with Gasteiger partial charge in [-0.2, -0.15) is 0 Å². The molecule has 1 N–H and O–H groups in total. The fourth-order valence-corrected chi connectivity index (χ4v) is 2.49. The van der Waals surface area contributed by atoms with Crippen molar-refractivity contribution in [1.82, 2.24) is 5.32 Å². The average molecular weight is 285 g/mol. The minimum absolute atomic E-state index is 0.211. The Bertz CT molecular complexity index is 525. The Morgan fingerprint density at radius 3 is 2.29 bits per heavy atom. The summed E-state index contributed by atoms with van der Waals surface area (Å²) in [6.07, 6.45) is 5.84. The zero-order valence-electron chi connectivity index (χ0n) is 13.6. The van der Waals surface area contributed by atoms with Crippen LogP contribution < -0.4 is 5.32 Å². The summed E-state index contributed by atoms with van der Waals surface area (Å²) < 4.78 is 5.25. The van der Waals surface area contributed by atoms with Crippen molar-refractivity contribution in [2.24, 2.45) is 0 Å². The van der Waals surface area contributed by atoms with Crippen LogP contribution in [0.1, 0.15) is 63.3 Å². The largest absolute Gasteiger partial charge is 0.472 e. The molecule has 1 heterocycles. The number of benzene rings is 1. The summed E-state index contributed by atoms with van der Waals surface area (Å²) in [5.74, 6) is 0. The van der Waals surface area contributed by atoms with E-state index < -0.39 is 0 Å². The van der Waals surface area contributed by atoms with Gasteiger partial charge in [0.25, 0.3) is 0 Å². The summed E-state index contributed by atoms with van der Waals surface area (Å²) in [4.78, 5) is 0. The molecule has 1 aromatic carbocycles. The summed E-state index contributed by atoms with van der Waals surface area (Å²) >= 11 is 0. The molecule has 1 aromatic heterocycles. The smallest absolute Gasteiger partial charge is 0.0953 e. The molecule has 0 radical (unpaired) electrons. The van der Waals surface area contributed by atoms with Gasteiger partial charge in [-0.05, 0) is 42.0 Å². The highest BCUT2D eigenvalue weighted by molar-refractivity contribution is 5.34. The second kappa shape index (κ2) is 6.95. The highest BCUT2D eigenvalue weighted by atomic mass is 16.3. The Balaban J connectivity index is 2.25. The molecular formula is C19H27NO. The Labute approximate surface area is 128 Å². The van der Waals surface area contributed by atoms with Gasteiger partial charge in [0, 0.05) is 5.56 Å². The summed E-state index contributed by atoms with van der Waals surface area (Å²) in [5, 5.41) is 3.60. The SMILES string of the molecule is CCCNC(c1ccc(C(C)(C)CC)cc1)c1ccoc1. The van der Waals surface area contributed by atoms with Gasteiger partial charge in [-0.3, -0.25) is 0 Å². The third-order valence-corrected chi connectivity index (χ3v) is 4.38. The molecule has 0 saturated heterocycles. The van der Waals surface area contributed by atoms with E-state index >= 15 is 0 Å². The molecule has 0 spiro atoms. The normalized spacial score (nSPS) is 13.3. The van der Waals surface area contributed by atoms with Gasteiger partial charge in [0.1, 0.15) is 0 Å². The van der Waals surface area contributed by atoms with Crippen LogP contribution in [-0.4, -0.2) is 6.54 Å². The van der Waals surface area contributed by atoms with Crippen molar-refractivity contribution in [3.63, 3.8) is 0 Å². The number of hydrogen-bond acceptors (Lipinski definition) is 2. The Hall–Kier alpha value is -1.54. The van der Waals surface area contributed by atoms with Crippen molar-refractivity contribution < 1.29 is 4.42 Å². The first-order chi connectivity index (χ1) is 10.1. The zero-order chi connectivity index (χ0) is 15.3. The Kier molecular flexibility index (Phi) is 5.24. The summed E-state index contributed by atoms with van der Waals surface area (Å²) in [7, 11) is 0. The van der Waals surface area contributed by atoms with Crippen molar-refractivity contribution in [3.05, 3.63) is 59.5 Å². The summed E-state index contributed by atoms with van der Waals surface area (Å²) in [6.45, 7) is 10.0. The van der Waals surface area contributed by atoms with E-state index in [1.807, 2.05) is 12.3 Å². The molecular weight excluding hydrogens is 258 g/mol. The van der Waals surface area contributed by atoms with Crippen LogP contribution in [0.25, 0.3) is 0 Å². The lowest BCUT2D eigenvalue weighted by Gasteiger charge is -2.24. The van der Waals surface area contributed by atoms with Gasteiger partial charge in [0.2, 0.25) is 0 Å². The van der Waals surface area contributed by atoms with Crippen molar-refractivity contribution in [1.29, 1.82) is 0 Å². The lowest BCUT2D eigenvalue weighted by Crippen LogP contribution is -2.23. The lowest BCUT2D eigenvalue weighted by atomic mass is 9.81. The molecule has 0 saturated carbocycles. The third-order valence-electron chi connectivity index (χ3n) is 4.38. The van der Waals surface area contributed by atoms with Gasteiger partial charge < -0.3 is 9.73 Å². The zero-order valence-corrected chi connectivity index (χ0v) is 13.6. The molecule has 2 nitrogen and oxygen atoms in total. The average Bonchev–Trinajstić information content (AvgIpc) is 3.02. The molecule has 0 aliphatic carbocycles. The van der Waals surface area contributed by atoms with Gasteiger partial charge in [0.05, 0.1) is 18.6 Å². The summed E-state index contributed by atoms with van der Waals surface area (Å²) in [6, 6.07) is 11.3. The number of furan rings is 1. The Morgan fingerprint density at radius 2 is 1.76 bits per heavy atom. The van der Waals surface area contributed by atoms with E-state index in [2.05, 4.69) is 57.3 Å². The highest BCUT2D eigenvalue weighted by Gasteiger charge is 2.19. The maximum Gasteiger partial charge on any atom is 0.0953 e. The molecule has 0 aliphatic rings. The van der Waals surface area contributed by atoms with E-state index in [0.717, 1.165) is 19.4 Å². The molecule has 1 atom stereocenters. The molecule has 0 bridgehead atoms. The van der Waals surface area contributed by atoms with E-state index in [4.69, 9.17) is 4.42 Å². The van der Waals surface area contributed by atoms with Crippen LogP contribution in [0.3, 0.4) is 0 Å². The van der Waals surface area contributed by atoms with E-state index in [1.54, 1.807) is 6.26 Å². The maximum atomic E-state index is 5.25. The quantitative estimate of drug-likeness (QED) is 0.769. The number of nitrogens with one attached hydrogen (secondary N) is 1. The van der Waals surface area contributed by atoms with Crippen LogP contribution >= 0.6 is 0 Å². The first-order valence-corrected chi connectivity index (χ1v) is 7.94. The van der Waals surface area contributed by atoms with Gasteiger partial charge in [-0.25, -0.2) is 0 Å². The van der Waals surface area contributed by atoms with E-state index in [9.17, 15) is 0 Å². The molecule has 114 valence electrons. The molecule has 2 heteroatoms. The van der Waals surface area contributed by atoms with E-state index in [-0.39, 0.29) is 11.5 Å². The van der Waals surface area contributed by atoms with E-state index in [1.165, 1.54) is 16.7 Å². The van der Waals surface area contributed by atoms with Crippen LogP contribution in [0.15, 0.2) is 47.3 Å². The van der Waals surface area contributed by atoms with Crippen LogP contribution in [0.5, 0.6) is 0 Å². The van der Waals surface area contributed by atoms with Crippen molar-refractivity contribution in [2.75, 3.05) is 6.54 Å². The second-order valence-corrected chi connectivity index (χ2v) is 6.30. The molecule has 2 rings (SSSR count). The van der Waals surface area contributed by atoms with Gasteiger partial charge >= 0.3 is 0 Å². The molecule has 0 aliphatic heterocycles. The van der Waals surface area contributed by atoms with Crippen LogP contribution in [0.4, 0.5) is 0 Å². The monoisotopic (exact) mass is 285 g/mol. The van der Waals surface area contributed by atoms with Crippen molar-refractivity contribution in [3.8, 4) is 0 Å². The standard InChI is InChI=1S/C19H27NO/c1-5-12-20-18(16-11-13-21-14-16)15-7-9-17(10-8-15)19(3,4)6-2/h7-11,13-14,18,20H,5-6,12H2,1-4H3. The van der Waals surface area contributed by atoms with Crippen molar-refractivity contribution in [2.45, 2.75) is 52.0 Å². The predicted molar refractivity (Wildman–Crippen MR) is 88.6 cm³/mol. The topological polar surface area (TPSA) is 25.2 Å². The van der Waals surface area contributed by atoms with Gasteiger partial charge in [0.15, 0.2) is 0 Å². The van der Waals surface area contributed by atoms with Gasteiger partial charge in [-0.1, -0.05) is 52.0 Å². The van der Waals surface area contributed by atoms with Crippen molar-refractivity contribution >= 4 is 0 Å². The molecule has 21 heavy (non-hydrogen) atoms. The maximum absolute atomic E-state index is 5.25. The highest BCUT2D eigenvalue weighted by Crippen LogP contribution is 2.29. The van der Waals surface area contributed by atoms with Crippen LogP contribution in [0, 0.1) is 0 Å². The fourth-order valence-electron chi connectivity index (χ4n) is 2.49. The first kappa shape index (κ1) is 15.8.